The van der Waals surface area contributed by atoms with E-state index in [4.69, 9.17) is 11.6 Å². The number of aromatic nitrogens is 1. The van der Waals surface area contributed by atoms with Gasteiger partial charge in [0.15, 0.2) is 0 Å². The van der Waals surface area contributed by atoms with Crippen molar-refractivity contribution in [1.82, 2.24) is 4.98 Å². The molecule has 1 heterocycles. The van der Waals surface area contributed by atoms with Gasteiger partial charge in [0, 0.05) is 15.5 Å². The van der Waals surface area contributed by atoms with Gasteiger partial charge < -0.3 is 5.11 Å². The Bertz CT molecular complexity index is 552. The Morgan fingerprint density at radius 1 is 1.41 bits per heavy atom. The van der Waals surface area contributed by atoms with Crippen LogP contribution in [0.25, 0.3) is 10.6 Å². The minimum Gasteiger partial charge on any atom is -0.387 e. The van der Waals surface area contributed by atoms with E-state index in [1.54, 1.807) is 11.3 Å². The lowest BCUT2D eigenvalue weighted by molar-refractivity contribution is 0.153. The molecule has 0 saturated carbocycles. The van der Waals surface area contributed by atoms with E-state index in [1.165, 1.54) is 4.88 Å². The van der Waals surface area contributed by atoms with Crippen molar-refractivity contribution in [3.05, 3.63) is 39.9 Å². The number of benzene rings is 1. The fourth-order valence-electron chi connectivity index (χ4n) is 2.14. The van der Waals surface area contributed by atoms with Gasteiger partial charge in [-0.1, -0.05) is 23.7 Å². The molecule has 1 aromatic carbocycles. The van der Waals surface area contributed by atoms with Crippen LogP contribution in [0.1, 0.15) is 29.5 Å². The molecule has 0 aliphatic heterocycles. The fraction of sp³-hybridized carbons (Fsp3) is 0.308. The number of aliphatic hydroxyl groups excluding tert-OH is 1. The number of nitrogens with zero attached hydrogens (tertiary/aromatic N) is 1. The van der Waals surface area contributed by atoms with E-state index in [0.29, 0.717) is 0 Å². The van der Waals surface area contributed by atoms with Crippen LogP contribution in [0.4, 0.5) is 0 Å². The first kappa shape index (κ1) is 11.2. The summed E-state index contributed by atoms with van der Waals surface area (Å²) < 4.78 is 0. The number of halogens is 1. The van der Waals surface area contributed by atoms with Crippen molar-refractivity contribution in [3.8, 4) is 10.6 Å². The second-order valence-corrected chi connectivity index (χ2v) is 5.77. The normalized spacial score (nSPS) is 19.1. The maximum absolute atomic E-state index is 9.89. The number of aliphatic hydroxyl groups is 1. The third-order valence-electron chi connectivity index (χ3n) is 3.00. The predicted molar refractivity (Wildman–Crippen MR) is 70.5 cm³/mol. The third kappa shape index (κ3) is 2.10. The summed E-state index contributed by atoms with van der Waals surface area (Å²) in [5, 5.41) is 11.6. The van der Waals surface area contributed by atoms with Crippen LogP contribution in [0, 0.1) is 0 Å². The van der Waals surface area contributed by atoms with Gasteiger partial charge in [-0.2, -0.15) is 0 Å². The summed E-state index contributed by atoms with van der Waals surface area (Å²) in [4.78, 5) is 5.77. The van der Waals surface area contributed by atoms with Gasteiger partial charge in [0.25, 0.3) is 0 Å². The Labute approximate surface area is 109 Å². The van der Waals surface area contributed by atoms with Gasteiger partial charge in [-0.25, -0.2) is 4.98 Å². The van der Waals surface area contributed by atoms with E-state index in [1.807, 2.05) is 24.3 Å². The van der Waals surface area contributed by atoms with Gasteiger partial charge in [-0.15, -0.1) is 11.3 Å². The zero-order chi connectivity index (χ0) is 11.8. The van der Waals surface area contributed by atoms with Crippen LogP contribution >= 0.6 is 22.9 Å². The van der Waals surface area contributed by atoms with E-state index in [9.17, 15) is 5.11 Å². The molecule has 1 aliphatic carbocycles. The monoisotopic (exact) mass is 265 g/mol. The highest BCUT2D eigenvalue weighted by molar-refractivity contribution is 7.15. The number of thiazole rings is 1. The van der Waals surface area contributed by atoms with E-state index >= 15 is 0 Å². The van der Waals surface area contributed by atoms with Gasteiger partial charge >= 0.3 is 0 Å². The summed E-state index contributed by atoms with van der Waals surface area (Å²) in [5.41, 5.74) is 1.90. The molecule has 1 N–H and O–H groups in total. The fourth-order valence-corrected chi connectivity index (χ4v) is 3.49. The summed E-state index contributed by atoms with van der Waals surface area (Å²) in [6.45, 7) is 0. The average Bonchev–Trinajstić information content (AvgIpc) is 2.74. The zero-order valence-corrected chi connectivity index (χ0v) is 10.8. The second-order valence-electron chi connectivity index (χ2n) is 4.25. The first-order valence-electron chi connectivity index (χ1n) is 5.67. The first-order valence-corrected chi connectivity index (χ1v) is 6.87. The van der Waals surface area contributed by atoms with Crippen LogP contribution in [0.2, 0.25) is 5.02 Å². The van der Waals surface area contributed by atoms with Crippen molar-refractivity contribution in [1.29, 1.82) is 0 Å². The molecule has 1 unspecified atom stereocenters. The summed E-state index contributed by atoms with van der Waals surface area (Å²) >= 11 is 7.65. The van der Waals surface area contributed by atoms with Crippen LogP contribution in [-0.2, 0) is 6.42 Å². The quantitative estimate of drug-likeness (QED) is 0.850. The van der Waals surface area contributed by atoms with Crippen LogP contribution in [0.15, 0.2) is 24.3 Å². The predicted octanol–water partition coefficient (Wildman–Crippen LogP) is 3.83. The van der Waals surface area contributed by atoms with Crippen molar-refractivity contribution in [2.24, 2.45) is 0 Å². The lowest BCUT2D eigenvalue weighted by Crippen LogP contribution is -2.07. The Morgan fingerprint density at radius 3 is 3.06 bits per heavy atom. The van der Waals surface area contributed by atoms with Gasteiger partial charge in [0.2, 0.25) is 0 Å². The molecule has 0 bridgehead atoms. The Balaban J connectivity index is 2.05. The highest BCUT2D eigenvalue weighted by Gasteiger charge is 2.23. The van der Waals surface area contributed by atoms with Gasteiger partial charge in [-0.3, -0.25) is 0 Å². The van der Waals surface area contributed by atoms with E-state index in [0.717, 1.165) is 40.6 Å². The third-order valence-corrected chi connectivity index (χ3v) is 4.41. The van der Waals surface area contributed by atoms with Crippen LogP contribution in [-0.4, -0.2) is 10.1 Å². The molecule has 0 fully saturated rings. The van der Waals surface area contributed by atoms with Crippen LogP contribution in [0.3, 0.4) is 0 Å². The molecule has 0 saturated heterocycles. The Morgan fingerprint density at radius 2 is 2.29 bits per heavy atom. The molecule has 88 valence electrons. The number of aryl methyl sites for hydroxylation is 1. The molecule has 2 nitrogen and oxygen atoms in total. The number of fused-ring (bicyclic) bond motifs is 1. The molecule has 1 aliphatic rings. The summed E-state index contributed by atoms with van der Waals surface area (Å²) in [6, 6.07) is 7.70. The highest BCUT2D eigenvalue weighted by Crippen LogP contribution is 2.37. The smallest absolute Gasteiger partial charge is 0.124 e. The largest absolute Gasteiger partial charge is 0.387 e. The van der Waals surface area contributed by atoms with Gasteiger partial charge in [0.05, 0.1) is 11.8 Å². The lowest BCUT2D eigenvalue weighted by Gasteiger charge is -2.14. The topological polar surface area (TPSA) is 33.1 Å². The maximum atomic E-state index is 9.89. The van der Waals surface area contributed by atoms with Crippen molar-refractivity contribution >= 4 is 22.9 Å². The van der Waals surface area contributed by atoms with Gasteiger partial charge in [-0.05, 0) is 31.4 Å². The average molecular weight is 266 g/mol. The molecule has 0 spiro atoms. The molecule has 2 aromatic rings. The zero-order valence-electron chi connectivity index (χ0n) is 9.19. The molecule has 1 aromatic heterocycles. The number of hydrogen-bond donors (Lipinski definition) is 1. The van der Waals surface area contributed by atoms with E-state index in [2.05, 4.69) is 4.98 Å². The van der Waals surface area contributed by atoms with Crippen LogP contribution in [0.5, 0.6) is 0 Å². The van der Waals surface area contributed by atoms with Crippen molar-refractivity contribution < 1.29 is 5.11 Å². The standard InChI is InChI=1S/C13H12ClNOS/c14-9-4-1-3-8(7-9)13-15-12-10(16)5-2-6-11(12)17-13/h1,3-4,7,10,16H,2,5-6H2. The van der Waals surface area contributed by atoms with Crippen LogP contribution < -0.4 is 0 Å². The van der Waals surface area contributed by atoms with E-state index in [-0.39, 0.29) is 6.10 Å². The van der Waals surface area contributed by atoms with Crippen molar-refractivity contribution in [2.75, 3.05) is 0 Å². The minimum absolute atomic E-state index is 0.386. The SMILES string of the molecule is OC1CCCc2sc(-c3cccc(Cl)c3)nc21. The molecular weight excluding hydrogens is 254 g/mol. The molecule has 0 radical (unpaired) electrons. The van der Waals surface area contributed by atoms with Crippen molar-refractivity contribution in [2.45, 2.75) is 25.4 Å². The van der Waals surface area contributed by atoms with Gasteiger partial charge in [0.1, 0.15) is 5.01 Å². The molecule has 4 heteroatoms. The summed E-state index contributed by atoms with van der Waals surface area (Å²) in [5.74, 6) is 0. The Hall–Kier alpha value is -0.900. The molecule has 1 atom stereocenters. The second kappa shape index (κ2) is 4.41. The molecular formula is C13H12ClNOS. The first-order chi connectivity index (χ1) is 8.24. The minimum atomic E-state index is -0.386. The molecule has 3 rings (SSSR count). The summed E-state index contributed by atoms with van der Waals surface area (Å²) in [6.07, 6.45) is 2.52. The van der Waals surface area contributed by atoms with Crippen molar-refractivity contribution in [3.63, 3.8) is 0 Å². The lowest BCUT2D eigenvalue weighted by atomic mass is 10.0. The molecule has 17 heavy (non-hydrogen) atoms. The Kier molecular flexibility index (Phi) is 2.90. The number of rotatable bonds is 1. The number of hydrogen-bond acceptors (Lipinski definition) is 3. The maximum Gasteiger partial charge on any atom is 0.124 e. The van der Waals surface area contributed by atoms with E-state index < -0.39 is 0 Å². The highest BCUT2D eigenvalue weighted by atomic mass is 35.5. The molecule has 0 amide bonds. The summed E-state index contributed by atoms with van der Waals surface area (Å²) in [7, 11) is 0.